The zero-order valence-corrected chi connectivity index (χ0v) is 23.7. The first-order valence-corrected chi connectivity index (χ1v) is 14.6. The van der Waals surface area contributed by atoms with E-state index in [1.807, 2.05) is 25.1 Å². The number of rotatable bonds is 11. The molecule has 1 fully saturated rings. The SMILES string of the molecule is Cc1cc(OCCCCCN2C(=O)c3ccccc3C2=O)ccc1Nc1nc(NC2CCC(O)CC2)c2[nH]c[nH+]c2n1. The topological polar surface area (TPSA) is 147 Å². The number of imide groups is 1. The Kier molecular flexibility index (Phi) is 8.00. The highest BCUT2D eigenvalue weighted by atomic mass is 16.5. The predicted octanol–water partition coefficient (Wildman–Crippen LogP) is 4.38. The molecule has 42 heavy (non-hydrogen) atoms. The number of aromatic nitrogens is 4. The fraction of sp³-hybridized carbons (Fsp3) is 0.387. The van der Waals surface area contributed by atoms with Crippen molar-refractivity contribution >= 4 is 40.4 Å². The fourth-order valence-corrected chi connectivity index (χ4v) is 5.62. The predicted molar refractivity (Wildman–Crippen MR) is 158 cm³/mol. The molecule has 4 aromatic rings. The molecule has 2 amide bonds. The van der Waals surface area contributed by atoms with Gasteiger partial charge >= 0.3 is 11.6 Å². The molecule has 2 aromatic carbocycles. The normalized spacial score (nSPS) is 18.4. The van der Waals surface area contributed by atoms with Crippen molar-refractivity contribution in [3.8, 4) is 5.75 Å². The van der Waals surface area contributed by atoms with E-state index in [0.717, 1.165) is 73.3 Å². The van der Waals surface area contributed by atoms with E-state index >= 15 is 0 Å². The summed E-state index contributed by atoms with van der Waals surface area (Å²) in [5.74, 6) is 1.57. The summed E-state index contributed by atoms with van der Waals surface area (Å²) in [5.41, 5.74) is 4.38. The Morgan fingerprint density at radius 1 is 1.02 bits per heavy atom. The quantitative estimate of drug-likeness (QED) is 0.153. The number of aliphatic hydroxyl groups is 1. The third-order valence-corrected chi connectivity index (χ3v) is 7.99. The number of nitrogens with zero attached hydrogens (tertiary/aromatic N) is 3. The number of unbranched alkanes of at least 4 members (excludes halogenated alkanes) is 2. The number of nitrogens with one attached hydrogen (secondary N) is 4. The first-order chi connectivity index (χ1) is 20.5. The number of amides is 2. The van der Waals surface area contributed by atoms with E-state index in [2.05, 4.69) is 25.6 Å². The minimum Gasteiger partial charge on any atom is -0.494 e. The van der Waals surface area contributed by atoms with E-state index < -0.39 is 0 Å². The number of hydrogen-bond donors (Lipinski definition) is 4. The van der Waals surface area contributed by atoms with Gasteiger partial charge in [-0.1, -0.05) is 17.1 Å². The van der Waals surface area contributed by atoms with Crippen molar-refractivity contribution in [1.29, 1.82) is 0 Å². The molecule has 2 aromatic heterocycles. The van der Waals surface area contributed by atoms with Crippen LogP contribution in [0.2, 0.25) is 0 Å². The summed E-state index contributed by atoms with van der Waals surface area (Å²) in [6.07, 6.45) is 7.30. The number of aromatic amines is 2. The van der Waals surface area contributed by atoms with Gasteiger partial charge in [-0.2, -0.15) is 4.98 Å². The van der Waals surface area contributed by atoms with Crippen LogP contribution in [0.5, 0.6) is 5.75 Å². The highest BCUT2D eigenvalue weighted by Gasteiger charge is 2.34. The van der Waals surface area contributed by atoms with Crippen LogP contribution in [0.4, 0.5) is 17.5 Å². The molecule has 1 aliphatic heterocycles. The van der Waals surface area contributed by atoms with Gasteiger partial charge in [-0.25, -0.2) is 4.98 Å². The van der Waals surface area contributed by atoms with Gasteiger partial charge in [-0.3, -0.25) is 19.5 Å². The summed E-state index contributed by atoms with van der Waals surface area (Å²) in [5, 5.41) is 16.7. The van der Waals surface area contributed by atoms with Crippen molar-refractivity contribution in [2.24, 2.45) is 0 Å². The standard InChI is InChI=1S/C31H35N7O4/c1-19-17-22(42-16-6-2-5-15-38-29(40)23-7-3-4-8-24(23)30(38)41)13-14-25(19)35-31-36-27-26(32-18-33-27)28(37-31)34-20-9-11-21(39)12-10-20/h3-4,7-8,13-14,17-18,20-21,39H,2,5-6,9-12,15-16H2,1H3,(H3,32,33,34,35,36,37)/p+1. The number of ether oxygens (including phenoxy) is 1. The van der Waals surface area contributed by atoms with Crippen molar-refractivity contribution < 1.29 is 24.4 Å². The van der Waals surface area contributed by atoms with Crippen molar-refractivity contribution in [2.45, 2.75) is 64.0 Å². The molecule has 11 heteroatoms. The Hall–Kier alpha value is -4.51. The smallest absolute Gasteiger partial charge is 0.307 e. The van der Waals surface area contributed by atoms with Gasteiger partial charge in [0.05, 0.1) is 23.8 Å². The highest BCUT2D eigenvalue weighted by Crippen LogP contribution is 2.28. The number of H-pyrrole nitrogens is 2. The highest BCUT2D eigenvalue weighted by molar-refractivity contribution is 6.21. The number of carbonyl (C=O) groups is 2. The number of fused-ring (bicyclic) bond motifs is 2. The van der Waals surface area contributed by atoms with Crippen molar-refractivity contribution in [3.63, 3.8) is 0 Å². The molecule has 1 aliphatic carbocycles. The summed E-state index contributed by atoms with van der Waals surface area (Å²) in [6.45, 7) is 2.97. The number of carbonyl (C=O) groups excluding carboxylic acids is 2. The summed E-state index contributed by atoms with van der Waals surface area (Å²) < 4.78 is 5.97. The number of aliphatic hydroxyl groups excluding tert-OH is 1. The Morgan fingerprint density at radius 2 is 1.79 bits per heavy atom. The minimum absolute atomic E-state index is 0.204. The third-order valence-electron chi connectivity index (χ3n) is 7.99. The van der Waals surface area contributed by atoms with E-state index in [1.54, 1.807) is 30.6 Å². The number of hydrogen-bond acceptors (Lipinski definition) is 8. The van der Waals surface area contributed by atoms with Gasteiger partial charge in [0.25, 0.3) is 11.8 Å². The molecule has 5 N–H and O–H groups in total. The lowest BCUT2D eigenvalue weighted by Gasteiger charge is -2.26. The van der Waals surface area contributed by atoms with Gasteiger partial charge in [0, 0.05) is 18.3 Å². The third kappa shape index (κ3) is 5.91. The molecule has 11 nitrogen and oxygen atoms in total. The van der Waals surface area contributed by atoms with Gasteiger partial charge in [0.1, 0.15) is 5.75 Å². The van der Waals surface area contributed by atoms with Crippen LogP contribution in [0.25, 0.3) is 11.2 Å². The van der Waals surface area contributed by atoms with E-state index in [0.29, 0.717) is 35.9 Å². The number of imidazole rings is 1. The Balaban J connectivity index is 0.994. The van der Waals surface area contributed by atoms with Gasteiger partial charge < -0.3 is 20.5 Å². The van der Waals surface area contributed by atoms with Crippen LogP contribution in [-0.4, -0.2) is 62.1 Å². The molecule has 6 rings (SSSR count). The lowest BCUT2D eigenvalue weighted by atomic mass is 9.93. The molecule has 2 aliphatic rings. The molecule has 0 atom stereocenters. The average molecular weight is 571 g/mol. The lowest BCUT2D eigenvalue weighted by Crippen LogP contribution is -2.30. The van der Waals surface area contributed by atoms with Crippen molar-refractivity contribution in [3.05, 3.63) is 65.5 Å². The molecule has 0 radical (unpaired) electrons. The molecule has 218 valence electrons. The van der Waals surface area contributed by atoms with Crippen molar-refractivity contribution in [1.82, 2.24) is 19.9 Å². The van der Waals surface area contributed by atoms with Crippen LogP contribution < -0.4 is 20.4 Å². The summed E-state index contributed by atoms with van der Waals surface area (Å²) in [6, 6.07) is 13.1. The maximum atomic E-state index is 12.5. The summed E-state index contributed by atoms with van der Waals surface area (Å²) in [4.78, 5) is 42.0. The van der Waals surface area contributed by atoms with E-state index in [4.69, 9.17) is 9.72 Å². The van der Waals surface area contributed by atoms with E-state index in [9.17, 15) is 14.7 Å². The van der Waals surface area contributed by atoms with E-state index in [1.165, 1.54) is 4.90 Å². The molecule has 0 spiro atoms. The summed E-state index contributed by atoms with van der Waals surface area (Å²) >= 11 is 0. The Morgan fingerprint density at radius 3 is 2.52 bits per heavy atom. The van der Waals surface area contributed by atoms with Crippen LogP contribution in [0.3, 0.4) is 0 Å². The van der Waals surface area contributed by atoms with Crippen LogP contribution in [-0.2, 0) is 0 Å². The largest absolute Gasteiger partial charge is 0.494 e. The van der Waals surface area contributed by atoms with Gasteiger partial charge in [-0.05, 0) is 87.8 Å². The number of aryl methyl sites for hydroxylation is 1. The second-order valence-corrected chi connectivity index (χ2v) is 11.0. The summed E-state index contributed by atoms with van der Waals surface area (Å²) in [7, 11) is 0. The average Bonchev–Trinajstić information content (AvgIpc) is 3.56. The second-order valence-electron chi connectivity index (χ2n) is 11.0. The maximum Gasteiger partial charge on any atom is 0.307 e. The number of anilines is 3. The minimum atomic E-state index is -0.211. The fourth-order valence-electron chi connectivity index (χ4n) is 5.62. The first kappa shape index (κ1) is 27.6. The van der Waals surface area contributed by atoms with Gasteiger partial charge in [0.2, 0.25) is 5.52 Å². The lowest BCUT2D eigenvalue weighted by molar-refractivity contribution is -0.347. The zero-order valence-electron chi connectivity index (χ0n) is 23.7. The van der Waals surface area contributed by atoms with Crippen LogP contribution in [0.15, 0.2) is 48.8 Å². The number of benzene rings is 2. The molecule has 0 bridgehead atoms. The van der Waals surface area contributed by atoms with Crippen LogP contribution >= 0.6 is 0 Å². The molecular weight excluding hydrogens is 534 g/mol. The molecular formula is C31H36N7O4+. The molecule has 0 saturated heterocycles. The first-order valence-electron chi connectivity index (χ1n) is 14.6. The van der Waals surface area contributed by atoms with E-state index in [-0.39, 0.29) is 24.0 Å². The van der Waals surface area contributed by atoms with Gasteiger partial charge in [-0.15, -0.1) is 0 Å². The Labute approximate surface area is 243 Å². The second kappa shape index (κ2) is 12.2. The van der Waals surface area contributed by atoms with Crippen molar-refractivity contribution in [2.75, 3.05) is 23.8 Å². The van der Waals surface area contributed by atoms with Crippen LogP contribution in [0, 0.1) is 6.92 Å². The molecule has 1 saturated carbocycles. The Bertz CT molecular complexity index is 1560. The zero-order chi connectivity index (χ0) is 29.1. The van der Waals surface area contributed by atoms with Crippen LogP contribution in [0.1, 0.15) is 71.2 Å². The van der Waals surface area contributed by atoms with Gasteiger partial charge in [0.15, 0.2) is 12.1 Å². The monoisotopic (exact) mass is 570 g/mol. The molecule has 0 unspecified atom stereocenters. The maximum absolute atomic E-state index is 12.5. The molecule has 3 heterocycles.